The molecule has 2 aromatic carbocycles. The van der Waals surface area contributed by atoms with Crippen molar-refractivity contribution >= 4 is 22.7 Å². The average Bonchev–Trinajstić information content (AvgIpc) is 2.88. The van der Waals surface area contributed by atoms with E-state index in [9.17, 15) is 0 Å². The zero-order chi connectivity index (χ0) is 14.7. The van der Waals surface area contributed by atoms with Gasteiger partial charge in [-0.05, 0) is 55.3 Å². The van der Waals surface area contributed by atoms with Gasteiger partial charge in [-0.1, -0.05) is 13.0 Å². The first-order valence-electron chi connectivity index (χ1n) is 7.21. The minimum Gasteiger partial charge on any atom is -0.494 e. The van der Waals surface area contributed by atoms with E-state index >= 15 is 0 Å². The largest absolute Gasteiger partial charge is 0.494 e. The molecule has 0 bridgehead atoms. The predicted octanol–water partition coefficient (Wildman–Crippen LogP) is 4.40. The van der Waals surface area contributed by atoms with Gasteiger partial charge < -0.3 is 15.0 Å². The van der Waals surface area contributed by atoms with E-state index < -0.39 is 0 Å². The summed E-state index contributed by atoms with van der Waals surface area (Å²) in [4.78, 5) is 7.80. The summed E-state index contributed by atoms with van der Waals surface area (Å²) in [7, 11) is 0. The van der Waals surface area contributed by atoms with Crippen LogP contribution in [-0.2, 0) is 0 Å². The van der Waals surface area contributed by atoms with Gasteiger partial charge in [-0.25, -0.2) is 4.98 Å². The number of hydrogen-bond donors (Lipinski definition) is 2. The number of nitrogens with zero attached hydrogens (tertiary/aromatic N) is 1. The Balaban J connectivity index is 1.75. The van der Waals surface area contributed by atoms with Gasteiger partial charge in [-0.2, -0.15) is 0 Å². The molecule has 0 aliphatic rings. The summed E-state index contributed by atoms with van der Waals surface area (Å²) in [5.74, 6) is 1.64. The van der Waals surface area contributed by atoms with Crippen molar-refractivity contribution < 1.29 is 4.74 Å². The van der Waals surface area contributed by atoms with E-state index in [-0.39, 0.29) is 0 Å². The lowest BCUT2D eigenvalue weighted by molar-refractivity contribution is 0.317. The lowest BCUT2D eigenvalue weighted by Crippen LogP contribution is -1.96. The van der Waals surface area contributed by atoms with Gasteiger partial charge in [0.15, 0.2) is 0 Å². The third kappa shape index (κ3) is 3.16. The molecule has 108 valence electrons. The van der Waals surface area contributed by atoms with E-state index in [1.807, 2.05) is 30.3 Å². The van der Waals surface area contributed by atoms with Crippen LogP contribution in [0.2, 0.25) is 0 Å². The highest BCUT2D eigenvalue weighted by Crippen LogP contribution is 2.21. The van der Waals surface area contributed by atoms with E-state index in [2.05, 4.69) is 41.3 Å². The highest BCUT2D eigenvalue weighted by Gasteiger charge is 2.03. The lowest BCUT2D eigenvalue weighted by atomic mass is 10.2. The predicted molar refractivity (Wildman–Crippen MR) is 86.3 cm³/mol. The summed E-state index contributed by atoms with van der Waals surface area (Å²) < 4.78 is 5.57. The number of nitrogens with one attached hydrogen (secondary N) is 2. The number of hydrogen-bond acceptors (Lipinski definition) is 3. The second-order valence-electron chi connectivity index (χ2n) is 5.10. The van der Waals surface area contributed by atoms with Crippen LogP contribution in [0, 0.1) is 6.92 Å². The second kappa shape index (κ2) is 5.87. The van der Waals surface area contributed by atoms with E-state index in [1.54, 1.807) is 0 Å². The Kier molecular flexibility index (Phi) is 3.77. The van der Waals surface area contributed by atoms with Gasteiger partial charge in [0, 0.05) is 5.69 Å². The summed E-state index contributed by atoms with van der Waals surface area (Å²) in [6, 6.07) is 14.1. The fraction of sp³-hybridized carbons (Fsp3) is 0.235. The molecule has 4 nitrogen and oxygen atoms in total. The molecule has 3 rings (SSSR count). The van der Waals surface area contributed by atoms with E-state index in [4.69, 9.17) is 4.74 Å². The summed E-state index contributed by atoms with van der Waals surface area (Å²) >= 11 is 0. The molecule has 2 N–H and O–H groups in total. The van der Waals surface area contributed by atoms with Crippen molar-refractivity contribution in [2.24, 2.45) is 0 Å². The number of rotatable bonds is 5. The fourth-order valence-electron chi connectivity index (χ4n) is 2.17. The molecule has 4 heteroatoms. The first-order chi connectivity index (χ1) is 10.2. The number of H-pyrrole nitrogens is 1. The van der Waals surface area contributed by atoms with Crippen LogP contribution in [0.5, 0.6) is 5.75 Å². The SMILES string of the molecule is CCCOc1ccc(Nc2nc3ccc(C)cc3[nH]2)cc1. The summed E-state index contributed by atoms with van der Waals surface area (Å²) in [5.41, 5.74) is 4.20. The van der Waals surface area contributed by atoms with E-state index in [0.29, 0.717) is 0 Å². The number of imidazole rings is 1. The molecule has 0 amide bonds. The molecule has 0 fully saturated rings. The summed E-state index contributed by atoms with van der Waals surface area (Å²) in [6.07, 6.45) is 1.01. The molecule has 0 saturated carbocycles. The van der Waals surface area contributed by atoms with Crippen LogP contribution in [0.25, 0.3) is 11.0 Å². The number of aromatic amines is 1. The van der Waals surface area contributed by atoms with Gasteiger partial charge in [-0.15, -0.1) is 0 Å². The van der Waals surface area contributed by atoms with Crippen molar-refractivity contribution in [2.45, 2.75) is 20.3 Å². The van der Waals surface area contributed by atoms with Crippen LogP contribution >= 0.6 is 0 Å². The number of benzene rings is 2. The molecule has 0 saturated heterocycles. The van der Waals surface area contributed by atoms with E-state index in [1.165, 1.54) is 5.56 Å². The normalized spacial score (nSPS) is 10.8. The highest BCUT2D eigenvalue weighted by atomic mass is 16.5. The topological polar surface area (TPSA) is 49.9 Å². The van der Waals surface area contributed by atoms with Gasteiger partial charge in [0.05, 0.1) is 17.6 Å². The molecule has 0 aliphatic carbocycles. The van der Waals surface area contributed by atoms with Crippen molar-refractivity contribution in [1.29, 1.82) is 0 Å². The Morgan fingerprint density at radius 3 is 2.71 bits per heavy atom. The molecular formula is C17H19N3O. The molecule has 0 aliphatic heterocycles. The molecule has 0 spiro atoms. The van der Waals surface area contributed by atoms with Crippen LogP contribution in [0.1, 0.15) is 18.9 Å². The molecule has 1 aromatic heterocycles. The second-order valence-corrected chi connectivity index (χ2v) is 5.10. The summed E-state index contributed by atoms with van der Waals surface area (Å²) in [6.45, 7) is 4.91. The molecule has 0 atom stereocenters. The Hall–Kier alpha value is -2.49. The molecule has 1 heterocycles. The first-order valence-corrected chi connectivity index (χ1v) is 7.21. The van der Waals surface area contributed by atoms with Gasteiger partial charge in [0.25, 0.3) is 0 Å². The van der Waals surface area contributed by atoms with Gasteiger partial charge in [-0.3, -0.25) is 0 Å². The van der Waals surface area contributed by atoms with Crippen LogP contribution in [-0.4, -0.2) is 16.6 Å². The van der Waals surface area contributed by atoms with Crippen molar-refractivity contribution in [3.05, 3.63) is 48.0 Å². The number of aromatic nitrogens is 2. The maximum atomic E-state index is 5.57. The monoisotopic (exact) mass is 281 g/mol. The summed E-state index contributed by atoms with van der Waals surface area (Å²) in [5, 5.41) is 3.27. The van der Waals surface area contributed by atoms with Crippen molar-refractivity contribution in [3.63, 3.8) is 0 Å². The van der Waals surface area contributed by atoms with Gasteiger partial charge in [0.2, 0.25) is 5.95 Å². The van der Waals surface area contributed by atoms with Gasteiger partial charge in [0.1, 0.15) is 5.75 Å². The van der Waals surface area contributed by atoms with Crippen LogP contribution < -0.4 is 10.1 Å². The fourth-order valence-corrected chi connectivity index (χ4v) is 2.17. The smallest absolute Gasteiger partial charge is 0.205 e. The quantitative estimate of drug-likeness (QED) is 0.728. The Bertz CT molecular complexity index is 731. The molecule has 0 radical (unpaired) electrons. The number of fused-ring (bicyclic) bond motifs is 1. The van der Waals surface area contributed by atoms with Crippen molar-refractivity contribution in [2.75, 3.05) is 11.9 Å². The third-order valence-corrected chi connectivity index (χ3v) is 3.23. The number of ether oxygens (including phenoxy) is 1. The Morgan fingerprint density at radius 2 is 1.95 bits per heavy atom. The highest BCUT2D eigenvalue weighted by molar-refractivity contribution is 5.79. The van der Waals surface area contributed by atoms with Crippen LogP contribution in [0.15, 0.2) is 42.5 Å². The van der Waals surface area contributed by atoms with E-state index in [0.717, 1.165) is 41.4 Å². The molecule has 21 heavy (non-hydrogen) atoms. The van der Waals surface area contributed by atoms with Gasteiger partial charge >= 0.3 is 0 Å². The standard InChI is InChI=1S/C17H19N3O/c1-3-10-21-14-7-5-13(6-8-14)18-17-19-15-9-4-12(2)11-16(15)20-17/h4-9,11H,3,10H2,1-2H3,(H2,18,19,20). The minimum atomic E-state index is 0.746. The zero-order valence-corrected chi connectivity index (χ0v) is 12.3. The average molecular weight is 281 g/mol. The zero-order valence-electron chi connectivity index (χ0n) is 12.3. The Labute approximate surface area is 124 Å². The molecule has 0 unspecified atom stereocenters. The molecule has 3 aromatic rings. The number of anilines is 2. The lowest BCUT2D eigenvalue weighted by Gasteiger charge is -2.06. The Morgan fingerprint density at radius 1 is 1.14 bits per heavy atom. The minimum absolute atomic E-state index is 0.746. The van der Waals surface area contributed by atoms with Crippen molar-refractivity contribution in [3.8, 4) is 5.75 Å². The van der Waals surface area contributed by atoms with Crippen LogP contribution in [0.3, 0.4) is 0 Å². The third-order valence-electron chi connectivity index (χ3n) is 3.23. The number of aryl methyl sites for hydroxylation is 1. The maximum Gasteiger partial charge on any atom is 0.205 e. The van der Waals surface area contributed by atoms with Crippen molar-refractivity contribution in [1.82, 2.24) is 9.97 Å². The van der Waals surface area contributed by atoms with Crippen LogP contribution in [0.4, 0.5) is 11.6 Å². The first kappa shape index (κ1) is 13.5. The molecular weight excluding hydrogens is 262 g/mol. The maximum absolute atomic E-state index is 5.57.